The third-order valence-electron chi connectivity index (χ3n) is 3.06. The van der Waals surface area contributed by atoms with E-state index in [2.05, 4.69) is 38.2 Å². The Kier molecular flexibility index (Phi) is 10.9. The average Bonchev–Trinajstić information content (AvgIpc) is 2.72. The van der Waals surface area contributed by atoms with Gasteiger partial charge < -0.3 is 24.8 Å². The summed E-state index contributed by atoms with van der Waals surface area (Å²) >= 11 is 0. The number of allylic oxidation sites excluding steroid dienone is 8. The summed E-state index contributed by atoms with van der Waals surface area (Å²) in [4.78, 5) is 0. The predicted octanol–water partition coefficient (Wildman–Crippen LogP) is -2.07. The van der Waals surface area contributed by atoms with Crippen molar-refractivity contribution in [1.29, 1.82) is 0 Å². The van der Waals surface area contributed by atoms with E-state index in [1.54, 1.807) is 0 Å². The van der Waals surface area contributed by atoms with Gasteiger partial charge >= 0.3 is 26.2 Å². The average molecular weight is 346 g/mol. The molecule has 0 nitrogen and oxygen atoms in total. The maximum Gasteiger partial charge on any atom is 4.00 e. The quantitative estimate of drug-likeness (QED) is 0.515. The van der Waals surface area contributed by atoms with Crippen molar-refractivity contribution >= 4 is 0 Å². The van der Waals surface area contributed by atoms with E-state index in [4.69, 9.17) is 0 Å². The van der Waals surface area contributed by atoms with Gasteiger partial charge in [-0.05, 0) is 0 Å². The summed E-state index contributed by atoms with van der Waals surface area (Å²) in [5, 5.41) is 0. The standard InChI is InChI=1S/C14H16.2ClH.Zr/c1-11-5-3-7-13(11)9-10-14-8-4-6-12(14)2;;;/h7-8H,3-4,9-10H2,1-2H3;2*1H;/q-2;;;+4/p-2. The molecule has 17 heavy (non-hydrogen) atoms. The molecule has 0 fully saturated rings. The van der Waals surface area contributed by atoms with Gasteiger partial charge in [0.2, 0.25) is 0 Å². The van der Waals surface area contributed by atoms with Crippen LogP contribution in [0.5, 0.6) is 0 Å². The van der Waals surface area contributed by atoms with Crippen LogP contribution < -0.4 is 24.8 Å². The van der Waals surface area contributed by atoms with E-state index in [0.717, 1.165) is 12.8 Å². The molecule has 0 aromatic rings. The SMILES string of the molecule is CC1=[C-]CC=C1CCC1=CC[C-]=C1C.[Cl-].[Cl-].[Zr+4]. The fourth-order valence-corrected chi connectivity index (χ4v) is 2.04. The van der Waals surface area contributed by atoms with Crippen LogP contribution in [0.3, 0.4) is 0 Å². The molecule has 0 N–H and O–H groups in total. The van der Waals surface area contributed by atoms with Gasteiger partial charge in [0.1, 0.15) is 0 Å². The fourth-order valence-electron chi connectivity index (χ4n) is 2.04. The molecule has 2 rings (SSSR count). The number of hydrogen-bond acceptors (Lipinski definition) is 0. The van der Waals surface area contributed by atoms with Gasteiger partial charge in [0, 0.05) is 0 Å². The molecule has 0 saturated carbocycles. The summed E-state index contributed by atoms with van der Waals surface area (Å²) in [5.74, 6) is 0. The summed E-state index contributed by atoms with van der Waals surface area (Å²) in [6.45, 7) is 4.33. The van der Waals surface area contributed by atoms with Gasteiger partial charge in [-0.1, -0.05) is 13.8 Å². The minimum Gasteiger partial charge on any atom is -1.00 e. The normalized spacial score (nSPS) is 16.8. The Balaban J connectivity index is 0. The van der Waals surface area contributed by atoms with E-state index in [1.807, 2.05) is 0 Å². The van der Waals surface area contributed by atoms with Gasteiger partial charge in [0.15, 0.2) is 0 Å². The van der Waals surface area contributed by atoms with Gasteiger partial charge in [0.25, 0.3) is 0 Å². The summed E-state index contributed by atoms with van der Waals surface area (Å²) in [5.41, 5.74) is 5.69. The largest absolute Gasteiger partial charge is 4.00 e. The van der Waals surface area contributed by atoms with Gasteiger partial charge in [-0.3, -0.25) is 12.2 Å². The van der Waals surface area contributed by atoms with Gasteiger partial charge in [-0.2, -0.15) is 23.3 Å². The second-order valence-corrected chi connectivity index (χ2v) is 3.97. The summed E-state index contributed by atoms with van der Waals surface area (Å²) in [6.07, 6.45) is 15.6. The van der Waals surface area contributed by atoms with Crippen LogP contribution in [-0.4, -0.2) is 0 Å². The zero-order valence-corrected chi connectivity index (χ0v) is 14.2. The monoisotopic (exact) mass is 344 g/mol. The molecule has 0 spiro atoms. The predicted molar refractivity (Wildman–Crippen MR) is 59.5 cm³/mol. The smallest absolute Gasteiger partial charge is 1.00 e. The first-order valence-electron chi connectivity index (χ1n) is 5.31. The van der Waals surface area contributed by atoms with Crippen LogP contribution in [0.4, 0.5) is 0 Å². The van der Waals surface area contributed by atoms with Gasteiger partial charge in [-0.25, -0.2) is 11.1 Å². The number of halogens is 2. The Hall–Kier alpha value is 0.423. The van der Waals surface area contributed by atoms with Crippen LogP contribution in [-0.2, 0) is 26.2 Å². The molecule has 2 aliphatic carbocycles. The van der Waals surface area contributed by atoms with Gasteiger partial charge in [-0.15, -0.1) is 25.7 Å². The second-order valence-electron chi connectivity index (χ2n) is 3.97. The van der Waals surface area contributed by atoms with Crippen molar-refractivity contribution in [2.75, 3.05) is 0 Å². The summed E-state index contributed by atoms with van der Waals surface area (Å²) in [6, 6.07) is 0. The first kappa shape index (κ1) is 19.8. The minimum absolute atomic E-state index is 0. The molecule has 0 bridgehead atoms. The molecular weight excluding hydrogens is 330 g/mol. The molecule has 0 amide bonds. The van der Waals surface area contributed by atoms with Crippen molar-refractivity contribution < 1.29 is 51.0 Å². The Morgan fingerprint density at radius 2 is 1.24 bits per heavy atom. The van der Waals surface area contributed by atoms with Crippen LogP contribution in [0, 0.1) is 12.2 Å². The maximum absolute atomic E-state index is 3.34. The summed E-state index contributed by atoms with van der Waals surface area (Å²) < 4.78 is 0. The van der Waals surface area contributed by atoms with Crippen LogP contribution in [0.15, 0.2) is 34.4 Å². The molecule has 0 saturated heterocycles. The second kappa shape index (κ2) is 9.37. The zero-order valence-electron chi connectivity index (χ0n) is 10.2. The molecule has 2 aliphatic rings. The minimum atomic E-state index is 0. The van der Waals surface area contributed by atoms with Crippen LogP contribution in [0.25, 0.3) is 0 Å². The Morgan fingerprint density at radius 3 is 1.47 bits per heavy atom. The molecule has 0 radical (unpaired) electrons. The topological polar surface area (TPSA) is 0 Å². The maximum atomic E-state index is 3.34. The first-order chi connectivity index (χ1) is 6.77. The number of hydrogen-bond donors (Lipinski definition) is 0. The Labute approximate surface area is 136 Å². The van der Waals surface area contributed by atoms with Crippen molar-refractivity contribution in [2.24, 2.45) is 0 Å². The third-order valence-corrected chi connectivity index (χ3v) is 3.06. The molecule has 0 atom stereocenters. The Bertz CT molecular complexity index is 326. The fraction of sp³-hybridized carbons (Fsp3) is 0.429. The van der Waals surface area contributed by atoms with Gasteiger partial charge in [0.05, 0.1) is 0 Å². The number of rotatable bonds is 3. The van der Waals surface area contributed by atoms with Crippen LogP contribution >= 0.6 is 0 Å². The van der Waals surface area contributed by atoms with E-state index < -0.39 is 0 Å². The first-order valence-corrected chi connectivity index (χ1v) is 5.31. The molecule has 0 heterocycles. The molecule has 0 unspecified atom stereocenters. The van der Waals surface area contributed by atoms with Crippen LogP contribution in [0.1, 0.15) is 39.5 Å². The summed E-state index contributed by atoms with van der Waals surface area (Å²) in [7, 11) is 0. The van der Waals surface area contributed by atoms with Crippen molar-refractivity contribution in [3.63, 3.8) is 0 Å². The molecular formula is C14H16Cl2Zr. The van der Waals surface area contributed by atoms with E-state index in [1.165, 1.54) is 35.1 Å². The van der Waals surface area contributed by atoms with Crippen molar-refractivity contribution in [3.05, 3.63) is 46.6 Å². The molecule has 0 aliphatic heterocycles. The molecule has 0 aromatic heterocycles. The van der Waals surface area contributed by atoms with E-state index >= 15 is 0 Å². The van der Waals surface area contributed by atoms with E-state index in [-0.39, 0.29) is 51.0 Å². The molecule has 0 aromatic carbocycles. The Morgan fingerprint density at radius 1 is 0.882 bits per heavy atom. The van der Waals surface area contributed by atoms with E-state index in [9.17, 15) is 0 Å². The van der Waals surface area contributed by atoms with Crippen molar-refractivity contribution in [3.8, 4) is 0 Å². The van der Waals surface area contributed by atoms with Crippen molar-refractivity contribution in [2.45, 2.75) is 39.5 Å². The molecule has 90 valence electrons. The third kappa shape index (κ3) is 5.29. The zero-order chi connectivity index (χ0) is 9.97. The van der Waals surface area contributed by atoms with E-state index in [0.29, 0.717) is 0 Å². The molecule has 3 heteroatoms. The van der Waals surface area contributed by atoms with Crippen molar-refractivity contribution in [1.82, 2.24) is 0 Å². The van der Waals surface area contributed by atoms with Crippen LogP contribution in [0.2, 0.25) is 0 Å².